The average Bonchev–Trinajstić information content (AvgIpc) is 2.74. The highest BCUT2D eigenvalue weighted by molar-refractivity contribution is 7.90. The van der Waals surface area contributed by atoms with E-state index in [9.17, 15) is 27.9 Å². The second-order valence-corrected chi connectivity index (χ2v) is 8.68. The summed E-state index contributed by atoms with van der Waals surface area (Å²) in [5.41, 5.74) is -0.346. The molecule has 0 saturated heterocycles. The molecule has 3 N–H and O–H groups in total. The highest BCUT2D eigenvalue weighted by Gasteiger charge is 2.18. The van der Waals surface area contributed by atoms with Crippen LogP contribution < -0.4 is 10.1 Å². The third-order valence-electron chi connectivity index (χ3n) is 4.36. The Hall–Kier alpha value is -4.18. The highest BCUT2D eigenvalue weighted by Crippen LogP contribution is 2.31. The van der Waals surface area contributed by atoms with E-state index in [4.69, 9.17) is 9.84 Å². The van der Waals surface area contributed by atoms with Crippen LogP contribution in [0.15, 0.2) is 71.6 Å². The molecule has 164 valence electrons. The van der Waals surface area contributed by atoms with Gasteiger partial charge in [0.15, 0.2) is 15.6 Å². The van der Waals surface area contributed by atoms with Crippen molar-refractivity contribution in [3.05, 3.63) is 83.4 Å². The molecule has 0 aliphatic carbocycles. The van der Waals surface area contributed by atoms with Gasteiger partial charge >= 0.3 is 11.9 Å². The molecule has 10 heteroatoms. The van der Waals surface area contributed by atoms with Gasteiger partial charge in [0.1, 0.15) is 5.75 Å². The summed E-state index contributed by atoms with van der Waals surface area (Å²) >= 11 is 0. The molecule has 3 aromatic rings. The summed E-state index contributed by atoms with van der Waals surface area (Å²) in [5.74, 6) is -3.08. The van der Waals surface area contributed by atoms with Crippen LogP contribution in [0, 0.1) is 0 Å². The van der Waals surface area contributed by atoms with E-state index in [2.05, 4.69) is 5.32 Å². The molecule has 0 unspecified atom stereocenters. The third-order valence-corrected chi connectivity index (χ3v) is 5.49. The first-order chi connectivity index (χ1) is 15.1. The van der Waals surface area contributed by atoms with Crippen molar-refractivity contribution in [2.24, 2.45) is 0 Å². The van der Waals surface area contributed by atoms with Crippen molar-refractivity contribution in [1.82, 2.24) is 0 Å². The van der Waals surface area contributed by atoms with Gasteiger partial charge in [-0.2, -0.15) is 0 Å². The number of hydrogen-bond acceptors (Lipinski definition) is 6. The third kappa shape index (κ3) is 5.10. The van der Waals surface area contributed by atoms with E-state index in [1.54, 1.807) is 18.2 Å². The molecule has 9 nitrogen and oxygen atoms in total. The molecule has 3 aromatic carbocycles. The van der Waals surface area contributed by atoms with Gasteiger partial charge in [-0.3, -0.25) is 4.79 Å². The number of hydrogen-bond donors (Lipinski definition) is 3. The van der Waals surface area contributed by atoms with Crippen molar-refractivity contribution < 1.29 is 37.8 Å². The number of para-hydroxylation sites is 2. The van der Waals surface area contributed by atoms with Gasteiger partial charge in [-0.05, 0) is 54.6 Å². The Bertz CT molecular complexity index is 1310. The van der Waals surface area contributed by atoms with E-state index >= 15 is 0 Å². The predicted molar refractivity (Wildman–Crippen MR) is 114 cm³/mol. The Morgan fingerprint density at radius 3 is 2.06 bits per heavy atom. The van der Waals surface area contributed by atoms with Crippen LogP contribution in [0.3, 0.4) is 0 Å². The van der Waals surface area contributed by atoms with Gasteiger partial charge in [0.05, 0.1) is 21.7 Å². The van der Waals surface area contributed by atoms with Crippen LogP contribution in [0.5, 0.6) is 11.5 Å². The quantitative estimate of drug-likeness (QED) is 0.490. The van der Waals surface area contributed by atoms with Crippen LogP contribution in [-0.4, -0.2) is 42.7 Å². The molecule has 0 atom stereocenters. The van der Waals surface area contributed by atoms with Crippen molar-refractivity contribution in [2.75, 3.05) is 11.6 Å². The maximum absolute atomic E-state index is 12.6. The second-order valence-electron chi connectivity index (χ2n) is 6.67. The van der Waals surface area contributed by atoms with Gasteiger partial charge in [0.25, 0.3) is 5.91 Å². The molecule has 0 aliphatic rings. The lowest BCUT2D eigenvalue weighted by atomic mass is 10.1. The minimum Gasteiger partial charge on any atom is -0.478 e. The van der Waals surface area contributed by atoms with Gasteiger partial charge < -0.3 is 20.3 Å². The minimum atomic E-state index is -3.39. The molecule has 0 radical (unpaired) electrons. The summed E-state index contributed by atoms with van der Waals surface area (Å²) < 4.78 is 28.8. The number of rotatable bonds is 7. The molecule has 0 bridgehead atoms. The monoisotopic (exact) mass is 455 g/mol. The topological polar surface area (TPSA) is 147 Å². The number of benzene rings is 3. The maximum Gasteiger partial charge on any atom is 0.336 e. The fourth-order valence-electron chi connectivity index (χ4n) is 2.78. The number of aromatic carboxylic acids is 2. The number of ether oxygens (including phenoxy) is 1. The normalized spacial score (nSPS) is 10.9. The molecule has 0 aliphatic heterocycles. The summed E-state index contributed by atoms with van der Waals surface area (Å²) in [6, 6.07) is 15.3. The number of anilines is 1. The zero-order chi connectivity index (χ0) is 23.5. The number of amides is 1. The lowest BCUT2D eigenvalue weighted by Crippen LogP contribution is -2.13. The van der Waals surface area contributed by atoms with E-state index in [1.165, 1.54) is 36.4 Å². The van der Waals surface area contributed by atoms with Gasteiger partial charge in [-0.15, -0.1) is 0 Å². The fraction of sp³-hybridized carbons (Fsp3) is 0.0455. The number of carbonyl (C=O) groups excluding carboxylic acids is 1. The van der Waals surface area contributed by atoms with Crippen LogP contribution in [0.25, 0.3) is 0 Å². The summed E-state index contributed by atoms with van der Waals surface area (Å²) in [7, 11) is -3.39. The summed E-state index contributed by atoms with van der Waals surface area (Å²) in [5, 5.41) is 21.0. The summed E-state index contributed by atoms with van der Waals surface area (Å²) in [4.78, 5) is 35.2. The first-order valence-corrected chi connectivity index (χ1v) is 10.9. The molecule has 0 aromatic heterocycles. The molecule has 0 spiro atoms. The number of carbonyl (C=O) groups is 3. The molecule has 1 amide bonds. The largest absolute Gasteiger partial charge is 0.478 e. The Balaban J connectivity index is 1.85. The van der Waals surface area contributed by atoms with Gasteiger partial charge in [0, 0.05) is 11.8 Å². The second kappa shape index (κ2) is 8.90. The van der Waals surface area contributed by atoms with Crippen molar-refractivity contribution in [3.8, 4) is 11.5 Å². The van der Waals surface area contributed by atoms with Crippen LogP contribution in [-0.2, 0) is 9.84 Å². The smallest absolute Gasteiger partial charge is 0.336 e. The molecule has 0 fully saturated rings. The molecule has 0 saturated carbocycles. The molecular formula is C22H17NO8S. The Morgan fingerprint density at radius 1 is 0.844 bits per heavy atom. The molecule has 0 heterocycles. The van der Waals surface area contributed by atoms with E-state index in [1.807, 2.05) is 0 Å². The SMILES string of the molecule is CS(=O)(=O)c1ccc(C(=O)Nc2ccccc2Oc2ccc(C(=O)O)c(C(=O)O)c2)cc1. The molecule has 3 rings (SSSR count). The number of carboxylic acids is 2. The van der Waals surface area contributed by atoms with E-state index < -0.39 is 33.2 Å². The van der Waals surface area contributed by atoms with Gasteiger partial charge in [-0.25, -0.2) is 18.0 Å². The van der Waals surface area contributed by atoms with Crippen LogP contribution in [0.1, 0.15) is 31.1 Å². The van der Waals surface area contributed by atoms with Crippen molar-refractivity contribution in [3.63, 3.8) is 0 Å². The lowest BCUT2D eigenvalue weighted by Gasteiger charge is -2.13. The van der Waals surface area contributed by atoms with Crippen LogP contribution >= 0.6 is 0 Å². The Labute approximate surface area is 182 Å². The van der Waals surface area contributed by atoms with Crippen molar-refractivity contribution >= 4 is 33.4 Å². The predicted octanol–water partition coefficient (Wildman–Crippen LogP) is 3.53. The summed E-state index contributed by atoms with van der Waals surface area (Å²) in [6.07, 6.45) is 1.06. The standard InChI is InChI=1S/C22H17NO8S/c1-32(29,30)15-9-6-13(7-10-15)20(24)23-18-4-2-3-5-19(18)31-14-8-11-16(21(25)26)17(12-14)22(27)28/h2-12H,1H3,(H,23,24)(H,25,26)(H,27,28). The Morgan fingerprint density at radius 2 is 1.47 bits per heavy atom. The number of nitrogens with one attached hydrogen (secondary N) is 1. The summed E-state index contributed by atoms with van der Waals surface area (Å²) in [6.45, 7) is 0. The van der Waals surface area contributed by atoms with E-state index in [0.29, 0.717) is 0 Å². The molecule has 32 heavy (non-hydrogen) atoms. The average molecular weight is 455 g/mol. The lowest BCUT2D eigenvalue weighted by molar-refractivity contribution is 0.0651. The van der Waals surface area contributed by atoms with Gasteiger partial charge in [-0.1, -0.05) is 12.1 Å². The van der Waals surface area contributed by atoms with Crippen LogP contribution in [0.4, 0.5) is 5.69 Å². The highest BCUT2D eigenvalue weighted by atomic mass is 32.2. The van der Waals surface area contributed by atoms with Gasteiger partial charge in [0.2, 0.25) is 0 Å². The zero-order valence-electron chi connectivity index (χ0n) is 16.6. The maximum atomic E-state index is 12.6. The number of sulfone groups is 1. The zero-order valence-corrected chi connectivity index (χ0v) is 17.4. The first-order valence-electron chi connectivity index (χ1n) is 9.05. The first kappa shape index (κ1) is 22.5. The van der Waals surface area contributed by atoms with E-state index in [0.717, 1.165) is 18.4 Å². The fourth-order valence-corrected chi connectivity index (χ4v) is 3.41. The molecular weight excluding hydrogens is 438 g/mol. The number of carboxylic acid groups (broad SMARTS) is 2. The van der Waals surface area contributed by atoms with Crippen molar-refractivity contribution in [1.29, 1.82) is 0 Å². The van der Waals surface area contributed by atoms with Crippen LogP contribution in [0.2, 0.25) is 0 Å². The minimum absolute atomic E-state index is 0.0617. The Kier molecular flexibility index (Phi) is 6.26. The van der Waals surface area contributed by atoms with Crippen molar-refractivity contribution in [2.45, 2.75) is 4.90 Å². The van der Waals surface area contributed by atoms with E-state index in [-0.39, 0.29) is 33.2 Å².